The van der Waals surface area contributed by atoms with Gasteiger partial charge < -0.3 is 5.11 Å². The van der Waals surface area contributed by atoms with Crippen molar-refractivity contribution in [1.82, 2.24) is 0 Å². The molecule has 1 rings (SSSR count). The molecule has 1 N–H and O–H groups in total. The standard InChI is InChI=1S/C15H20OSi/c1-17(2,3)13-12-15(16)11-7-10-14-8-5-4-6-9-14/h4-10,15-16H,11H2,1-3H3. The lowest BCUT2D eigenvalue weighted by atomic mass is 10.2. The van der Waals surface area contributed by atoms with E-state index in [0.717, 1.165) is 5.56 Å². The van der Waals surface area contributed by atoms with E-state index in [4.69, 9.17) is 0 Å². The fraction of sp³-hybridized carbons (Fsp3) is 0.333. The maximum Gasteiger partial charge on any atom is 0.129 e. The summed E-state index contributed by atoms with van der Waals surface area (Å²) in [5.74, 6) is 2.92. The number of rotatable bonds is 3. The summed E-state index contributed by atoms with van der Waals surface area (Å²) in [6.07, 6.45) is 4.03. The molecule has 1 aromatic rings. The molecular formula is C15H20OSi. The highest BCUT2D eigenvalue weighted by Gasteiger charge is 2.08. The fourth-order valence-electron chi connectivity index (χ4n) is 1.26. The summed E-state index contributed by atoms with van der Waals surface area (Å²) in [5, 5.41) is 9.69. The fourth-order valence-corrected chi connectivity index (χ4v) is 1.86. The molecule has 0 aliphatic heterocycles. The third-order valence-corrected chi connectivity index (χ3v) is 2.98. The molecule has 0 aliphatic carbocycles. The molecule has 0 aliphatic rings. The second-order valence-corrected chi connectivity index (χ2v) is 9.83. The summed E-state index contributed by atoms with van der Waals surface area (Å²) in [4.78, 5) is 0. The van der Waals surface area contributed by atoms with Gasteiger partial charge >= 0.3 is 0 Å². The first-order valence-electron chi connectivity index (χ1n) is 5.90. The van der Waals surface area contributed by atoms with Gasteiger partial charge in [-0.25, -0.2) is 0 Å². The van der Waals surface area contributed by atoms with Gasteiger partial charge in [0.15, 0.2) is 0 Å². The first-order valence-corrected chi connectivity index (χ1v) is 9.40. The Kier molecular flexibility index (Phi) is 5.21. The Bertz CT molecular complexity index is 418. The van der Waals surface area contributed by atoms with Gasteiger partial charge in [-0.2, -0.15) is 0 Å². The van der Waals surface area contributed by atoms with E-state index in [-0.39, 0.29) is 0 Å². The Morgan fingerprint density at radius 2 is 1.88 bits per heavy atom. The van der Waals surface area contributed by atoms with E-state index in [2.05, 4.69) is 31.1 Å². The van der Waals surface area contributed by atoms with Crippen molar-refractivity contribution in [2.75, 3.05) is 0 Å². The molecule has 1 nitrogen and oxygen atoms in total. The third-order valence-electron chi connectivity index (χ3n) is 2.08. The van der Waals surface area contributed by atoms with Crippen LogP contribution in [0.3, 0.4) is 0 Å². The predicted molar refractivity (Wildman–Crippen MR) is 77.2 cm³/mol. The number of hydrogen-bond acceptors (Lipinski definition) is 1. The Hall–Kier alpha value is -1.30. The molecule has 0 aromatic heterocycles. The molecule has 2 heteroatoms. The number of benzene rings is 1. The van der Waals surface area contributed by atoms with Crippen LogP contribution in [0.2, 0.25) is 19.6 Å². The molecular weight excluding hydrogens is 224 g/mol. The second kappa shape index (κ2) is 6.44. The van der Waals surface area contributed by atoms with E-state index in [0.29, 0.717) is 6.42 Å². The molecule has 0 saturated carbocycles. The maximum atomic E-state index is 9.69. The lowest BCUT2D eigenvalue weighted by Crippen LogP contribution is -2.17. The van der Waals surface area contributed by atoms with Crippen molar-refractivity contribution in [2.45, 2.75) is 32.2 Å². The molecule has 0 heterocycles. The highest BCUT2D eigenvalue weighted by atomic mass is 28.3. The Balaban J connectivity index is 2.45. The van der Waals surface area contributed by atoms with Crippen molar-refractivity contribution in [2.24, 2.45) is 0 Å². The summed E-state index contributed by atoms with van der Waals surface area (Å²) in [6.45, 7) is 6.52. The van der Waals surface area contributed by atoms with Gasteiger partial charge in [-0.1, -0.05) is 68.0 Å². The van der Waals surface area contributed by atoms with Crippen LogP contribution >= 0.6 is 0 Å². The molecule has 1 aromatic carbocycles. The molecule has 0 spiro atoms. The van der Waals surface area contributed by atoms with Gasteiger partial charge in [0, 0.05) is 6.42 Å². The first kappa shape index (κ1) is 13.8. The van der Waals surface area contributed by atoms with Gasteiger partial charge in [-0.15, -0.1) is 5.54 Å². The van der Waals surface area contributed by atoms with Gasteiger partial charge in [0.25, 0.3) is 0 Å². The number of aliphatic hydroxyl groups is 1. The average Bonchev–Trinajstić information content (AvgIpc) is 2.27. The van der Waals surface area contributed by atoms with E-state index >= 15 is 0 Å². The van der Waals surface area contributed by atoms with Crippen molar-refractivity contribution in [3.8, 4) is 11.5 Å². The quantitative estimate of drug-likeness (QED) is 0.639. The monoisotopic (exact) mass is 244 g/mol. The van der Waals surface area contributed by atoms with Gasteiger partial charge in [0.2, 0.25) is 0 Å². The molecule has 0 bridgehead atoms. The minimum atomic E-state index is -1.37. The van der Waals surface area contributed by atoms with Crippen LogP contribution in [0.1, 0.15) is 12.0 Å². The Morgan fingerprint density at radius 3 is 2.47 bits per heavy atom. The summed E-state index contributed by atoms with van der Waals surface area (Å²) in [5.41, 5.74) is 4.33. The molecule has 1 unspecified atom stereocenters. The van der Waals surface area contributed by atoms with Crippen molar-refractivity contribution < 1.29 is 5.11 Å². The van der Waals surface area contributed by atoms with Crippen LogP contribution in [0.15, 0.2) is 36.4 Å². The van der Waals surface area contributed by atoms with Crippen LogP contribution in [-0.4, -0.2) is 19.3 Å². The predicted octanol–water partition coefficient (Wildman–Crippen LogP) is 3.33. The van der Waals surface area contributed by atoms with Crippen LogP contribution in [0.4, 0.5) is 0 Å². The zero-order valence-corrected chi connectivity index (χ0v) is 11.8. The van der Waals surface area contributed by atoms with E-state index in [1.807, 2.05) is 42.5 Å². The summed E-state index contributed by atoms with van der Waals surface area (Å²) >= 11 is 0. The number of aliphatic hydroxyl groups excluding tert-OH is 1. The van der Waals surface area contributed by atoms with E-state index in [1.54, 1.807) is 0 Å². The van der Waals surface area contributed by atoms with Crippen molar-refractivity contribution in [1.29, 1.82) is 0 Å². The van der Waals surface area contributed by atoms with Crippen LogP contribution in [0.5, 0.6) is 0 Å². The summed E-state index contributed by atoms with van der Waals surface area (Å²) in [7, 11) is -1.37. The Labute approximate surface area is 105 Å². The van der Waals surface area contributed by atoms with Crippen LogP contribution in [-0.2, 0) is 0 Å². The summed E-state index contributed by atoms with van der Waals surface area (Å²) in [6, 6.07) is 10.1. The highest BCUT2D eigenvalue weighted by molar-refractivity contribution is 6.83. The van der Waals surface area contributed by atoms with Gasteiger partial charge in [-0.05, 0) is 5.56 Å². The SMILES string of the molecule is C[Si](C)(C)C#CC(O)CC=Cc1ccccc1. The van der Waals surface area contributed by atoms with E-state index in [1.165, 1.54) is 0 Å². The summed E-state index contributed by atoms with van der Waals surface area (Å²) < 4.78 is 0. The molecule has 0 amide bonds. The molecule has 90 valence electrons. The molecule has 17 heavy (non-hydrogen) atoms. The molecule has 0 radical (unpaired) electrons. The maximum absolute atomic E-state index is 9.69. The third kappa shape index (κ3) is 6.78. The topological polar surface area (TPSA) is 20.2 Å². The normalized spacial score (nSPS) is 13.2. The number of hydrogen-bond donors (Lipinski definition) is 1. The van der Waals surface area contributed by atoms with Crippen molar-refractivity contribution in [3.63, 3.8) is 0 Å². The Morgan fingerprint density at radius 1 is 1.24 bits per heavy atom. The van der Waals surface area contributed by atoms with E-state index in [9.17, 15) is 5.11 Å². The zero-order valence-electron chi connectivity index (χ0n) is 10.8. The van der Waals surface area contributed by atoms with Crippen LogP contribution in [0, 0.1) is 11.5 Å². The molecule has 0 saturated heterocycles. The smallest absolute Gasteiger partial charge is 0.129 e. The van der Waals surface area contributed by atoms with Gasteiger partial charge in [0.1, 0.15) is 14.2 Å². The largest absolute Gasteiger partial charge is 0.380 e. The second-order valence-electron chi connectivity index (χ2n) is 5.08. The molecule has 0 fully saturated rings. The highest BCUT2D eigenvalue weighted by Crippen LogP contribution is 2.03. The van der Waals surface area contributed by atoms with Gasteiger partial charge in [0.05, 0.1) is 0 Å². The average molecular weight is 244 g/mol. The lowest BCUT2D eigenvalue weighted by Gasteiger charge is -2.05. The van der Waals surface area contributed by atoms with E-state index < -0.39 is 14.2 Å². The molecule has 1 atom stereocenters. The van der Waals surface area contributed by atoms with Crippen LogP contribution < -0.4 is 0 Å². The van der Waals surface area contributed by atoms with Crippen molar-refractivity contribution >= 4 is 14.1 Å². The first-order chi connectivity index (χ1) is 7.97. The minimum absolute atomic E-state index is 0.540. The van der Waals surface area contributed by atoms with Gasteiger partial charge in [-0.3, -0.25) is 0 Å². The van der Waals surface area contributed by atoms with Crippen molar-refractivity contribution in [3.05, 3.63) is 42.0 Å². The zero-order chi connectivity index (χ0) is 12.7. The minimum Gasteiger partial charge on any atom is -0.380 e. The lowest BCUT2D eigenvalue weighted by molar-refractivity contribution is 0.236. The van der Waals surface area contributed by atoms with Crippen LogP contribution in [0.25, 0.3) is 6.08 Å².